The maximum atomic E-state index is 12.5. The van der Waals surface area contributed by atoms with E-state index < -0.39 is 6.04 Å². The Labute approximate surface area is 149 Å². The average Bonchev–Trinajstić information content (AvgIpc) is 2.83. The number of amides is 1. The second-order valence-electron chi connectivity index (χ2n) is 7.87. The van der Waals surface area contributed by atoms with E-state index in [2.05, 4.69) is 30.1 Å². The van der Waals surface area contributed by atoms with Gasteiger partial charge in [-0.1, -0.05) is 24.6 Å². The maximum Gasteiger partial charge on any atom is 0.220 e. The van der Waals surface area contributed by atoms with Crippen molar-refractivity contribution < 1.29 is 14.3 Å². The Morgan fingerprint density at radius 3 is 2.88 bits per heavy atom. The van der Waals surface area contributed by atoms with Crippen LogP contribution in [0.2, 0.25) is 0 Å². The van der Waals surface area contributed by atoms with Crippen molar-refractivity contribution in [3.8, 4) is 5.75 Å². The summed E-state index contributed by atoms with van der Waals surface area (Å²) in [5, 5.41) is 2.96. The van der Waals surface area contributed by atoms with Crippen LogP contribution in [-0.4, -0.2) is 49.4 Å². The molecule has 3 atom stereocenters. The Morgan fingerprint density at radius 2 is 2.16 bits per heavy atom. The number of ketones is 1. The number of nitrogens with one attached hydrogen (secondary N) is 1. The number of ether oxygens (including phenoxy) is 1. The molecule has 0 bridgehead atoms. The molecule has 1 aromatic carbocycles. The molecule has 1 aliphatic heterocycles. The van der Waals surface area contributed by atoms with Crippen molar-refractivity contribution in [2.45, 2.75) is 57.1 Å². The third-order valence-corrected chi connectivity index (χ3v) is 5.50. The summed E-state index contributed by atoms with van der Waals surface area (Å²) in [6, 6.07) is 5.60. The van der Waals surface area contributed by atoms with Gasteiger partial charge in [0, 0.05) is 23.8 Å². The summed E-state index contributed by atoms with van der Waals surface area (Å²) in [6.45, 7) is 5.07. The highest BCUT2D eigenvalue weighted by Crippen LogP contribution is 2.49. The lowest BCUT2D eigenvalue weighted by molar-refractivity contribution is -0.133. The minimum atomic E-state index is -0.557. The predicted molar refractivity (Wildman–Crippen MR) is 96.9 cm³/mol. The zero-order chi connectivity index (χ0) is 18.2. The van der Waals surface area contributed by atoms with E-state index in [-0.39, 0.29) is 23.2 Å². The van der Waals surface area contributed by atoms with Crippen LogP contribution >= 0.6 is 0 Å². The van der Waals surface area contributed by atoms with E-state index >= 15 is 0 Å². The Hall–Kier alpha value is -1.88. The Kier molecular flexibility index (Phi) is 4.87. The number of carbonyl (C=O) groups excluding carboxylic acids is 2. The molecule has 1 fully saturated rings. The van der Waals surface area contributed by atoms with Crippen molar-refractivity contribution in [1.29, 1.82) is 0 Å². The molecular weight excluding hydrogens is 316 g/mol. The fourth-order valence-electron chi connectivity index (χ4n) is 3.99. The number of aryl methyl sites for hydroxylation is 1. The molecule has 0 spiro atoms. The zero-order valence-corrected chi connectivity index (χ0v) is 15.6. The Morgan fingerprint density at radius 1 is 1.40 bits per heavy atom. The highest BCUT2D eigenvalue weighted by atomic mass is 16.5. The maximum absolute atomic E-state index is 12.5. The molecule has 136 valence electrons. The van der Waals surface area contributed by atoms with Crippen molar-refractivity contribution in [3.05, 3.63) is 29.3 Å². The van der Waals surface area contributed by atoms with Crippen LogP contribution in [-0.2, 0) is 15.0 Å². The molecule has 1 saturated carbocycles. The summed E-state index contributed by atoms with van der Waals surface area (Å²) < 4.78 is 6.15. The molecule has 2 aliphatic rings. The van der Waals surface area contributed by atoms with E-state index in [1.807, 2.05) is 26.2 Å². The molecule has 1 amide bonds. The van der Waals surface area contributed by atoms with Crippen LogP contribution in [0.15, 0.2) is 18.2 Å². The van der Waals surface area contributed by atoms with Gasteiger partial charge in [0.15, 0.2) is 5.78 Å². The van der Waals surface area contributed by atoms with Gasteiger partial charge in [-0.15, -0.1) is 0 Å². The van der Waals surface area contributed by atoms with Crippen LogP contribution in [0.25, 0.3) is 0 Å². The monoisotopic (exact) mass is 344 g/mol. The van der Waals surface area contributed by atoms with Gasteiger partial charge in [0.05, 0.1) is 0 Å². The van der Waals surface area contributed by atoms with Gasteiger partial charge < -0.3 is 15.0 Å². The first-order valence-electron chi connectivity index (χ1n) is 9.06. The van der Waals surface area contributed by atoms with E-state index in [0.29, 0.717) is 12.8 Å². The number of nitrogens with zero attached hydrogens (tertiary/aromatic N) is 1. The molecule has 0 aromatic heterocycles. The van der Waals surface area contributed by atoms with E-state index in [1.54, 1.807) is 0 Å². The summed E-state index contributed by atoms with van der Waals surface area (Å²) in [6.07, 6.45) is 2.13. The number of rotatable bonds is 5. The molecule has 0 radical (unpaired) electrons. The largest absolute Gasteiger partial charge is 0.487 e. The quantitative estimate of drug-likeness (QED) is 0.890. The molecule has 5 nitrogen and oxygen atoms in total. The number of hydrogen-bond acceptors (Lipinski definition) is 4. The van der Waals surface area contributed by atoms with Gasteiger partial charge in [-0.2, -0.15) is 0 Å². The second kappa shape index (κ2) is 6.79. The van der Waals surface area contributed by atoms with Gasteiger partial charge in [0.2, 0.25) is 5.91 Å². The van der Waals surface area contributed by atoms with Gasteiger partial charge in [-0.3, -0.25) is 9.59 Å². The lowest BCUT2D eigenvalue weighted by Gasteiger charge is -2.39. The zero-order valence-electron chi connectivity index (χ0n) is 15.6. The lowest BCUT2D eigenvalue weighted by Crippen LogP contribution is -2.59. The van der Waals surface area contributed by atoms with Crippen LogP contribution in [0, 0.1) is 6.92 Å². The van der Waals surface area contributed by atoms with Crippen molar-refractivity contribution >= 4 is 11.7 Å². The molecule has 3 rings (SSSR count). The second-order valence-corrected chi connectivity index (χ2v) is 7.87. The highest BCUT2D eigenvalue weighted by molar-refractivity contribution is 5.91. The number of hydrogen-bond donors (Lipinski definition) is 1. The third kappa shape index (κ3) is 3.43. The molecule has 0 saturated heterocycles. The van der Waals surface area contributed by atoms with Gasteiger partial charge in [-0.05, 0) is 46.5 Å². The fourth-order valence-corrected chi connectivity index (χ4v) is 3.99. The fraction of sp³-hybridized carbons (Fsp3) is 0.600. The lowest BCUT2D eigenvalue weighted by atomic mass is 9.67. The van der Waals surface area contributed by atoms with Crippen LogP contribution < -0.4 is 10.1 Å². The summed E-state index contributed by atoms with van der Waals surface area (Å²) >= 11 is 0. The molecule has 1 aliphatic carbocycles. The van der Waals surface area contributed by atoms with Crippen LogP contribution in [0.5, 0.6) is 5.75 Å². The summed E-state index contributed by atoms with van der Waals surface area (Å²) in [5.41, 5.74) is 2.12. The molecular formula is C20H28N2O3. The number of benzene rings is 1. The average molecular weight is 344 g/mol. The van der Waals surface area contributed by atoms with Crippen molar-refractivity contribution in [1.82, 2.24) is 10.2 Å². The van der Waals surface area contributed by atoms with E-state index in [0.717, 1.165) is 30.7 Å². The minimum absolute atomic E-state index is 0.0693. The number of fused-ring (bicyclic) bond motifs is 3. The smallest absolute Gasteiger partial charge is 0.220 e. The van der Waals surface area contributed by atoms with E-state index in [1.165, 1.54) is 5.56 Å². The van der Waals surface area contributed by atoms with Crippen LogP contribution in [0.3, 0.4) is 0 Å². The highest BCUT2D eigenvalue weighted by Gasteiger charge is 2.54. The molecule has 1 heterocycles. The standard InChI is InChI=1S/C20H28N2O3/c1-13-7-8-16-14(12-13)20(2)10-9-15(23)18(19(20)25-16)21-17(24)6-5-11-22(3)4/h7-8,12,18-19H,5-6,9-11H2,1-4H3,(H,21,24)/t18-,19-,20-/m0/s1. The number of Topliss-reactive ketones (excluding diaryl/α,β-unsaturated/α-hetero) is 1. The SMILES string of the molecule is Cc1ccc2c(c1)[C@]1(C)CCC(=O)[C@H](NC(=O)CCCN(C)C)[C@@H]1O2. The van der Waals surface area contributed by atoms with E-state index in [4.69, 9.17) is 4.74 Å². The van der Waals surface area contributed by atoms with Gasteiger partial charge >= 0.3 is 0 Å². The predicted octanol–water partition coefficient (Wildman–Crippen LogP) is 2.20. The third-order valence-electron chi connectivity index (χ3n) is 5.50. The Bertz CT molecular complexity index is 686. The summed E-state index contributed by atoms with van der Waals surface area (Å²) in [5.74, 6) is 0.854. The van der Waals surface area contributed by atoms with E-state index in [9.17, 15) is 9.59 Å². The Balaban J connectivity index is 1.75. The molecule has 1 aromatic rings. The van der Waals surface area contributed by atoms with Gasteiger partial charge in [0.25, 0.3) is 0 Å². The first-order valence-corrected chi connectivity index (χ1v) is 9.06. The normalized spacial score (nSPS) is 27.6. The number of carbonyl (C=O) groups is 2. The van der Waals surface area contributed by atoms with Crippen molar-refractivity contribution in [3.63, 3.8) is 0 Å². The van der Waals surface area contributed by atoms with Gasteiger partial charge in [0.1, 0.15) is 17.9 Å². The molecule has 1 N–H and O–H groups in total. The first-order chi connectivity index (χ1) is 11.8. The van der Waals surface area contributed by atoms with Crippen LogP contribution in [0.4, 0.5) is 0 Å². The summed E-state index contributed by atoms with van der Waals surface area (Å²) in [7, 11) is 3.97. The molecule has 5 heteroatoms. The topological polar surface area (TPSA) is 58.6 Å². The molecule has 0 unspecified atom stereocenters. The van der Waals surface area contributed by atoms with Gasteiger partial charge in [-0.25, -0.2) is 0 Å². The minimum Gasteiger partial charge on any atom is -0.487 e. The van der Waals surface area contributed by atoms with Crippen molar-refractivity contribution in [2.24, 2.45) is 0 Å². The molecule has 25 heavy (non-hydrogen) atoms. The first kappa shape index (κ1) is 17.9. The van der Waals surface area contributed by atoms with Crippen molar-refractivity contribution in [2.75, 3.05) is 20.6 Å². The van der Waals surface area contributed by atoms with Crippen LogP contribution in [0.1, 0.15) is 43.7 Å². The summed E-state index contributed by atoms with van der Waals surface area (Å²) in [4.78, 5) is 26.9.